The minimum absolute atomic E-state index is 0.0151. The Balaban J connectivity index is 2.59. The predicted octanol–water partition coefficient (Wildman–Crippen LogP) is -0.355. The summed E-state index contributed by atoms with van der Waals surface area (Å²) in [5.41, 5.74) is 5.37. The maximum absolute atomic E-state index is 11.3. The summed E-state index contributed by atoms with van der Waals surface area (Å²) >= 11 is 1.18. The summed E-state index contributed by atoms with van der Waals surface area (Å²) in [6.45, 7) is 0.279. The van der Waals surface area contributed by atoms with E-state index in [-0.39, 0.29) is 18.4 Å². The first-order valence-corrected chi connectivity index (χ1v) is 4.78. The highest BCUT2D eigenvalue weighted by molar-refractivity contribution is 7.09. The first-order valence-electron chi connectivity index (χ1n) is 4.01. The molecule has 0 atom stereocenters. The average molecular weight is 215 g/mol. The number of nitrogens with zero attached hydrogens (tertiary/aromatic N) is 4. The summed E-state index contributed by atoms with van der Waals surface area (Å²) in [7, 11) is 5.20. The van der Waals surface area contributed by atoms with Crippen molar-refractivity contribution >= 4 is 28.5 Å². The Morgan fingerprint density at radius 1 is 1.50 bits per heavy atom. The van der Waals surface area contributed by atoms with Gasteiger partial charge in [-0.05, 0) is 0 Å². The summed E-state index contributed by atoms with van der Waals surface area (Å²) in [6.07, 6.45) is 0. The molecule has 0 spiro atoms. The van der Waals surface area contributed by atoms with Crippen LogP contribution in [0.1, 0.15) is 0 Å². The molecule has 0 saturated heterocycles. The Hall–Kier alpha value is -1.37. The third kappa shape index (κ3) is 2.56. The van der Waals surface area contributed by atoms with E-state index >= 15 is 0 Å². The van der Waals surface area contributed by atoms with Crippen molar-refractivity contribution in [2.45, 2.75) is 0 Å². The molecule has 1 aromatic heterocycles. The number of nitrogens with two attached hydrogens (primary N) is 1. The van der Waals surface area contributed by atoms with Crippen LogP contribution in [-0.4, -0.2) is 47.9 Å². The van der Waals surface area contributed by atoms with Crippen LogP contribution in [0.3, 0.4) is 0 Å². The van der Waals surface area contributed by atoms with Gasteiger partial charge in [0.15, 0.2) is 0 Å². The quantitative estimate of drug-likeness (QED) is 0.745. The van der Waals surface area contributed by atoms with Crippen molar-refractivity contribution in [1.29, 1.82) is 0 Å². The summed E-state index contributed by atoms with van der Waals surface area (Å²) in [5.74, 6) is 0.260. The van der Waals surface area contributed by atoms with E-state index in [0.29, 0.717) is 5.13 Å². The SMILES string of the molecule is CN(C)C(=O)CN(C)c1nc(N)ns1. The molecule has 14 heavy (non-hydrogen) atoms. The second-order valence-electron chi connectivity index (χ2n) is 3.08. The fraction of sp³-hybridized carbons (Fsp3) is 0.571. The molecular formula is C7H13N5OS. The van der Waals surface area contributed by atoms with Crippen molar-refractivity contribution in [3.05, 3.63) is 0 Å². The molecule has 7 heteroatoms. The molecule has 0 bridgehead atoms. The first-order chi connectivity index (χ1) is 6.50. The van der Waals surface area contributed by atoms with Gasteiger partial charge in [-0.15, -0.1) is 0 Å². The predicted molar refractivity (Wildman–Crippen MR) is 56.3 cm³/mol. The fourth-order valence-electron chi connectivity index (χ4n) is 0.793. The highest BCUT2D eigenvalue weighted by Gasteiger charge is 2.12. The molecule has 2 N–H and O–H groups in total. The monoisotopic (exact) mass is 215 g/mol. The van der Waals surface area contributed by atoms with E-state index in [1.807, 2.05) is 0 Å². The van der Waals surface area contributed by atoms with Crippen LogP contribution in [0.2, 0.25) is 0 Å². The Bertz CT molecular complexity index is 324. The number of hydrogen-bond acceptors (Lipinski definition) is 6. The van der Waals surface area contributed by atoms with Gasteiger partial charge in [-0.1, -0.05) is 0 Å². The molecule has 6 nitrogen and oxygen atoms in total. The van der Waals surface area contributed by atoms with Crippen LogP contribution in [0.5, 0.6) is 0 Å². The van der Waals surface area contributed by atoms with Gasteiger partial charge >= 0.3 is 0 Å². The normalized spacial score (nSPS) is 9.93. The third-order valence-electron chi connectivity index (χ3n) is 1.63. The molecule has 1 amide bonds. The Labute approximate surface area is 86.5 Å². The molecule has 0 unspecified atom stereocenters. The first kappa shape index (κ1) is 10.7. The molecule has 0 fully saturated rings. The maximum Gasteiger partial charge on any atom is 0.241 e. The van der Waals surface area contributed by atoms with Crippen LogP contribution in [0.15, 0.2) is 0 Å². The smallest absolute Gasteiger partial charge is 0.241 e. The molecule has 0 aliphatic heterocycles. The van der Waals surface area contributed by atoms with Gasteiger partial charge in [-0.25, -0.2) is 0 Å². The molecule has 1 aromatic rings. The van der Waals surface area contributed by atoms with E-state index in [9.17, 15) is 4.79 Å². The van der Waals surface area contributed by atoms with Crippen LogP contribution in [0.4, 0.5) is 11.1 Å². The fourth-order valence-corrected chi connectivity index (χ4v) is 1.35. The van der Waals surface area contributed by atoms with E-state index < -0.39 is 0 Å². The molecule has 0 aromatic carbocycles. The second kappa shape index (κ2) is 4.23. The van der Waals surface area contributed by atoms with Gasteiger partial charge in [0.25, 0.3) is 0 Å². The van der Waals surface area contributed by atoms with Crippen LogP contribution in [0.25, 0.3) is 0 Å². The van der Waals surface area contributed by atoms with Gasteiger partial charge < -0.3 is 15.5 Å². The summed E-state index contributed by atoms with van der Waals surface area (Å²) in [4.78, 5) is 18.6. The van der Waals surface area contributed by atoms with E-state index in [1.165, 1.54) is 16.4 Å². The number of carbonyl (C=O) groups excluding carboxylic acids is 1. The van der Waals surface area contributed by atoms with Gasteiger partial charge in [-0.3, -0.25) is 4.79 Å². The lowest BCUT2D eigenvalue weighted by atomic mass is 10.5. The van der Waals surface area contributed by atoms with Crippen LogP contribution < -0.4 is 10.6 Å². The van der Waals surface area contributed by atoms with Crippen LogP contribution in [-0.2, 0) is 4.79 Å². The van der Waals surface area contributed by atoms with Crippen molar-refractivity contribution in [2.75, 3.05) is 38.3 Å². The van der Waals surface area contributed by atoms with E-state index in [1.54, 1.807) is 26.0 Å². The third-order valence-corrected chi connectivity index (χ3v) is 2.47. The van der Waals surface area contributed by atoms with Gasteiger partial charge in [0.05, 0.1) is 6.54 Å². The number of carbonyl (C=O) groups is 1. The lowest BCUT2D eigenvalue weighted by Crippen LogP contribution is -2.34. The van der Waals surface area contributed by atoms with Gasteiger partial charge in [0, 0.05) is 32.7 Å². The highest BCUT2D eigenvalue weighted by atomic mass is 32.1. The number of aromatic nitrogens is 2. The van der Waals surface area contributed by atoms with Crippen molar-refractivity contribution < 1.29 is 4.79 Å². The van der Waals surface area contributed by atoms with Gasteiger partial charge in [0.1, 0.15) is 0 Å². The number of amides is 1. The van der Waals surface area contributed by atoms with Gasteiger partial charge in [-0.2, -0.15) is 9.36 Å². The van der Waals surface area contributed by atoms with Crippen molar-refractivity contribution in [1.82, 2.24) is 14.3 Å². The summed E-state index contributed by atoms with van der Waals surface area (Å²) in [6, 6.07) is 0. The van der Waals surface area contributed by atoms with Crippen LogP contribution >= 0.6 is 11.5 Å². The van der Waals surface area contributed by atoms with Gasteiger partial charge in [0.2, 0.25) is 17.0 Å². The molecule has 0 aliphatic rings. The minimum Gasteiger partial charge on any atom is -0.367 e. The minimum atomic E-state index is 0.0151. The van der Waals surface area contributed by atoms with Crippen LogP contribution in [0, 0.1) is 0 Å². The van der Waals surface area contributed by atoms with Crippen molar-refractivity contribution in [3.8, 4) is 0 Å². The molecule has 1 rings (SSSR count). The largest absolute Gasteiger partial charge is 0.367 e. The van der Waals surface area contributed by atoms with E-state index in [4.69, 9.17) is 5.73 Å². The number of hydrogen-bond donors (Lipinski definition) is 1. The second-order valence-corrected chi connectivity index (χ2v) is 3.81. The summed E-state index contributed by atoms with van der Waals surface area (Å²) in [5, 5.41) is 0.651. The molecule has 78 valence electrons. The van der Waals surface area contributed by atoms with E-state index in [2.05, 4.69) is 9.36 Å². The standard InChI is InChI=1S/C7H13N5OS/c1-11(2)5(13)4-12(3)7-9-6(8)10-14-7/h4H2,1-3H3,(H2,8,10). The average Bonchev–Trinajstić information content (AvgIpc) is 2.51. The zero-order valence-electron chi connectivity index (χ0n) is 8.39. The molecular weight excluding hydrogens is 202 g/mol. The lowest BCUT2D eigenvalue weighted by Gasteiger charge is -2.17. The van der Waals surface area contributed by atoms with Crippen molar-refractivity contribution in [3.63, 3.8) is 0 Å². The molecule has 1 heterocycles. The molecule has 0 saturated carbocycles. The topological polar surface area (TPSA) is 75.4 Å². The number of nitrogen functional groups attached to an aromatic ring is 1. The van der Waals surface area contributed by atoms with Crippen molar-refractivity contribution in [2.24, 2.45) is 0 Å². The Morgan fingerprint density at radius 2 is 2.14 bits per heavy atom. The van der Waals surface area contributed by atoms with E-state index in [0.717, 1.165) is 0 Å². The zero-order valence-corrected chi connectivity index (χ0v) is 9.21. The number of rotatable bonds is 3. The lowest BCUT2D eigenvalue weighted by molar-refractivity contribution is -0.127. The Morgan fingerprint density at radius 3 is 2.57 bits per heavy atom. The zero-order chi connectivity index (χ0) is 10.7. The Kier molecular flexibility index (Phi) is 3.23. The molecule has 0 aliphatic carbocycles. The highest BCUT2D eigenvalue weighted by Crippen LogP contribution is 2.15. The maximum atomic E-state index is 11.3. The molecule has 0 radical (unpaired) electrons. The summed E-state index contributed by atoms with van der Waals surface area (Å²) < 4.78 is 3.83. The number of likely N-dealkylation sites (N-methyl/N-ethyl adjacent to an activating group) is 2. The number of anilines is 2.